The Hall–Kier alpha value is -2.38. The first-order valence-electron chi connectivity index (χ1n) is 9.46. The Balaban J connectivity index is 1.60. The van der Waals surface area contributed by atoms with Crippen LogP contribution in [-0.4, -0.2) is 26.7 Å². The highest BCUT2D eigenvalue weighted by Crippen LogP contribution is 2.24. The van der Waals surface area contributed by atoms with Gasteiger partial charge in [-0.1, -0.05) is 30.3 Å². The van der Waals surface area contributed by atoms with Crippen molar-refractivity contribution < 1.29 is 17.9 Å². The Labute approximate surface area is 166 Å². The molecule has 1 aliphatic carbocycles. The smallest absolute Gasteiger partial charge is 0.411 e. The van der Waals surface area contributed by atoms with Gasteiger partial charge in [0.1, 0.15) is 6.10 Å². The summed E-state index contributed by atoms with van der Waals surface area (Å²) in [5, 5.41) is 2.69. The number of hydrogen-bond acceptors (Lipinski definition) is 4. The number of ether oxygens (including phenoxy) is 1. The van der Waals surface area contributed by atoms with Crippen LogP contribution in [0.25, 0.3) is 0 Å². The summed E-state index contributed by atoms with van der Waals surface area (Å²) in [6.45, 7) is 3.66. The summed E-state index contributed by atoms with van der Waals surface area (Å²) in [5.74, 6) is 0. The van der Waals surface area contributed by atoms with Gasteiger partial charge in [0.25, 0.3) is 0 Å². The molecule has 0 spiro atoms. The van der Waals surface area contributed by atoms with Crippen LogP contribution < -0.4 is 10.0 Å². The molecule has 3 rings (SSSR count). The minimum atomic E-state index is -3.62. The van der Waals surface area contributed by atoms with Gasteiger partial charge in [-0.2, -0.15) is 0 Å². The molecule has 1 fully saturated rings. The van der Waals surface area contributed by atoms with Crippen molar-refractivity contribution >= 4 is 21.8 Å². The molecule has 0 saturated heterocycles. The van der Waals surface area contributed by atoms with E-state index in [4.69, 9.17) is 4.74 Å². The van der Waals surface area contributed by atoms with E-state index in [9.17, 15) is 13.2 Å². The molecule has 150 valence electrons. The number of hydrogen-bond donors (Lipinski definition) is 2. The minimum absolute atomic E-state index is 0.256. The third-order valence-corrected chi connectivity index (χ3v) is 6.54. The molecule has 2 aromatic rings. The molecule has 0 aromatic heterocycles. The Bertz CT molecular complexity index is 929. The number of amides is 1. The first kappa shape index (κ1) is 20.4. The third-order valence-electron chi connectivity index (χ3n) is 4.87. The van der Waals surface area contributed by atoms with E-state index in [-0.39, 0.29) is 12.1 Å². The van der Waals surface area contributed by atoms with Crippen molar-refractivity contribution in [3.8, 4) is 0 Å². The number of anilines is 1. The SMILES string of the molecule is Cc1ccc(C)c(S(=O)(=O)N[C@@H]2CCC[C@H](OC(=O)Nc3ccccc3)C2)c1. The number of carbonyl (C=O) groups excluding carboxylic acids is 1. The molecule has 1 saturated carbocycles. The van der Waals surface area contributed by atoms with Gasteiger partial charge in [-0.25, -0.2) is 17.9 Å². The highest BCUT2D eigenvalue weighted by Gasteiger charge is 2.29. The molecule has 0 bridgehead atoms. The van der Waals surface area contributed by atoms with Gasteiger partial charge in [-0.3, -0.25) is 5.32 Å². The van der Waals surface area contributed by atoms with Crippen LogP contribution in [-0.2, 0) is 14.8 Å². The van der Waals surface area contributed by atoms with Crippen molar-refractivity contribution in [2.75, 3.05) is 5.32 Å². The Morgan fingerprint density at radius 1 is 1.07 bits per heavy atom. The standard InChI is InChI=1S/C21H26N2O4S/c1-15-11-12-16(2)20(13-15)28(25,26)23-18-9-6-10-19(14-18)27-21(24)22-17-7-4-3-5-8-17/h3-5,7-8,11-13,18-19,23H,6,9-10,14H2,1-2H3,(H,22,24)/t18-,19+/m1/s1. The monoisotopic (exact) mass is 402 g/mol. The van der Waals surface area contributed by atoms with Crippen LogP contribution in [0, 0.1) is 13.8 Å². The lowest BCUT2D eigenvalue weighted by Crippen LogP contribution is -2.41. The molecule has 1 amide bonds. The Morgan fingerprint density at radius 3 is 2.57 bits per heavy atom. The van der Waals surface area contributed by atoms with E-state index in [0.29, 0.717) is 22.6 Å². The number of rotatable bonds is 5. The fraction of sp³-hybridized carbons (Fsp3) is 0.381. The van der Waals surface area contributed by atoms with Crippen LogP contribution in [0.5, 0.6) is 0 Å². The number of para-hydroxylation sites is 1. The minimum Gasteiger partial charge on any atom is -0.446 e. The summed E-state index contributed by atoms with van der Waals surface area (Å²) in [5.41, 5.74) is 2.27. The van der Waals surface area contributed by atoms with Crippen LogP contribution in [0.15, 0.2) is 53.4 Å². The maximum Gasteiger partial charge on any atom is 0.411 e. The second kappa shape index (κ2) is 8.75. The topological polar surface area (TPSA) is 84.5 Å². The van der Waals surface area contributed by atoms with E-state index in [1.165, 1.54) is 0 Å². The van der Waals surface area contributed by atoms with Crippen molar-refractivity contribution in [3.63, 3.8) is 0 Å². The fourth-order valence-electron chi connectivity index (χ4n) is 3.46. The molecular formula is C21H26N2O4S. The molecule has 0 radical (unpaired) electrons. The predicted octanol–water partition coefficient (Wildman–Crippen LogP) is 4.14. The van der Waals surface area contributed by atoms with Crippen molar-refractivity contribution in [3.05, 3.63) is 59.7 Å². The Morgan fingerprint density at radius 2 is 1.82 bits per heavy atom. The van der Waals surface area contributed by atoms with Gasteiger partial charge in [-0.15, -0.1) is 0 Å². The predicted molar refractivity (Wildman–Crippen MR) is 109 cm³/mol. The van der Waals surface area contributed by atoms with E-state index >= 15 is 0 Å². The fourth-order valence-corrected chi connectivity index (χ4v) is 5.07. The largest absolute Gasteiger partial charge is 0.446 e. The molecular weight excluding hydrogens is 376 g/mol. The van der Waals surface area contributed by atoms with Crippen LogP contribution in [0.1, 0.15) is 36.8 Å². The normalized spacial score (nSPS) is 19.8. The van der Waals surface area contributed by atoms with Crippen LogP contribution in [0.3, 0.4) is 0 Å². The Kier molecular flexibility index (Phi) is 6.36. The van der Waals surface area contributed by atoms with Crippen LogP contribution in [0.4, 0.5) is 10.5 Å². The molecule has 0 heterocycles. The number of aryl methyl sites for hydroxylation is 2. The van der Waals surface area contributed by atoms with Crippen molar-refractivity contribution in [2.24, 2.45) is 0 Å². The number of benzene rings is 2. The maximum absolute atomic E-state index is 12.8. The highest BCUT2D eigenvalue weighted by molar-refractivity contribution is 7.89. The van der Waals surface area contributed by atoms with Crippen molar-refractivity contribution in [2.45, 2.75) is 56.6 Å². The molecule has 6 nitrogen and oxygen atoms in total. The molecule has 2 atom stereocenters. The molecule has 2 aromatic carbocycles. The lowest BCUT2D eigenvalue weighted by atomic mass is 9.94. The zero-order valence-electron chi connectivity index (χ0n) is 16.1. The molecule has 1 aliphatic rings. The van der Waals surface area contributed by atoms with Crippen molar-refractivity contribution in [1.29, 1.82) is 0 Å². The summed E-state index contributed by atoms with van der Waals surface area (Å²) in [6.07, 6.45) is 1.88. The van der Waals surface area contributed by atoms with Gasteiger partial charge >= 0.3 is 6.09 Å². The zero-order valence-corrected chi connectivity index (χ0v) is 17.0. The molecule has 0 unspecified atom stereocenters. The third kappa shape index (κ3) is 5.33. The lowest BCUT2D eigenvalue weighted by molar-refractivity contribution is 0.0793. The summed E-state index contributed by atoms with van der Waals surface area (Å²) >= 11 is 0. The van der Waals surface area contributed by atoms with Gasteiger partial charge < -0.3 is 4.74 Å². The summed E-state index contributed by atoms with van der Waals surface area (Å²) in [6, 6.07) is 14.2. The molecule has 0 aliphatic heterocycles. The number of carbonyl (C=O) groups is 1. The average Bonchev–Trinajstić information content (AvgIpc) is 2.64. The quantitative estimate of drug-likeness (QED) is 0.787. The van der Waals surface area contributed by atoms with Gasteiger partial charge in [0.2, 0.25) is 10.0 Å². The molecule has 7 heteroatoms. The second-order valence-electron chi connectivity index (χ2n) is 7.27. The van der Waals surface area contributed by atoms with Gasteiger partial charge in [0.15, 0.2) is 0 Å². The summed E-state index contributed by atoms with van der Waals surface area (Å²) in [7, 11) is -3.62. The number of sulfonamides is 1. The number of nitrogens with one attached hydrogen (secondary N) is 2. The van der Waals surface area contributed by atoms with Gasteiger partial charge in [-0.05, 0) is 62.4 Å². The highest BCUT2D eigenvalue weighted by atomic mass is 32.2. The zero-order chi connectivity index (χ0) is 20.1. The van der Waals surface area contributed by atoms with Gasteiger partial charge in [0, 0.05) is 18.2 Å². The van der Waals surface area contributed by atoms with E-state index in [1.54, 1.807) is 25.1 Å². The first-order valence-corrected chi connectivity index (χ1v) is 10.9. The second-order valence-corrected chi connectivity index (χ2v) is 8.95. The maximum atomic E-state index is 12.8. The van der Waals surface area contributed by atoms with Crippen LogP contribution >= 0.6 is 0 Å². The van der Waals surface area contributed by atoms with Crippen LogP contribution in [0.2, 0.25) is 0 Å². The van der Waals surface area contributed by atoms with Crippen molar-refractivity contribution in [1.82, 2.24) is 4.72 Å². The average molecular weight is 403 g/mol. The first-order chi connectivity index (χ1) is 13.3. The van der Waals surface area contributed by atoms with E-state index in [1.807, 2.05) is 37.3 Å². The summed E-state index contributed by atoms with van der Waals surface area (Å²) < 4.78 is 33.9. The van der Waals surface area contributed by atoms with Gasteiger partial charge in [0.05, 0.1) is 4.90 Å². The lowest BCUT2D eigenvalue weighted by Gasteiger charge is -2.29. The summed E-state index contributed by atoms with van der Waals surface area (Å²) in [4.78, 5) is 12.4. The van der Waals surface area contributed by atoms with E-state index in [2.05, 4.69) is 10.0 Å². The molecule has 2 N–H and O–H groups in total. The molecule has 28 heavy (non-hydrogen) atoms. The van der Waals surface area contributed by atoms with E-state index < -0.39 is 16.1 Å². The van der Waals surface area contributed by atoms with E-state index in [0.717, 1.165) is 24.8 Å².